The van der Waals surface area contributed by atoms with Crippen LogP contribution in [0.5, 0.6) is 0 Å². The summed E-state index contributed by atoms with van der Waals surface area (Å²) in [6.07, 6.45) is 5.47. The van der Waals surface area contributed by atoms with E-state index in [0.29, 0.717) is 0 Å². The summed E-state index contributed by atoms with van der Waals surface area (Å²) in [5.74, 6) is 2.31. The summed E-state index contributed by atoms with van der Waals surface area (Å²) in [6, 6.07) is 0.858. The first kappa shape index (κ1) is 19.4. The first-order valence-electron chi connectivity index (χ1n) is 8.21. The minimum absolute atomic E-state index is 0. The molecule has 0 amide bonds. The van der Waals surface area contributed by atoms with Crippen LogP contribution in [-0.2, 0) is 0 Å². The van der Waals surface area contributed by atoms with Crippen LogP contribution in [0, 0.1) is 0 Å². The Morgan fingerprint density at radius 2 is 2.05 bits per heavy atom. The maximum atomic E-state index is 4.73. The molecule has 1 aliphatic heterocycles. The lowest BCUT2D eigenvalue weighted by molar-refractivity contribution is 0.282. The van der Waals surface area contributed by atoms with Crippen molar-refractivity contribution in [2.45, 2.75) is 50.8 Å². The van der Waals surface area contributed by atoms with E-state index in [1.807, 2.05) is 0 Å². The van der Waals surface area contributed by atoms with E-state index in [2.05, 4.69) is 41.1 Å². The number of likely N-dealkylation sites (N-methyl/N-ethyl adjacent to an activating group) is 1. The van der Waals surface area contributed by atoms with Crippen LogP contribution in [0.2, 0.25) is 0 Å². The minimum atomic E-state index is 0. The molecule has 2 N–H and O–H groups in total. The molecule has 0 aromatic rings. The second-order valence-electron chi connectivity index (χ2n) is 5.64. The molecule has 6 heteroatoms. The molecule has 124 valence electrons. The van der Waals surface area contributed by atoms with Crippen LogP contribution in [0.1, 0.15) is 39.5 Å². The molecular formula is C15H31IN4S. The van der Waals surface area contributed by atoms with Crippen molar-refractivity contribution in [1.29, 1.82) is 0 Å². The van der Waals surface area contributed by atoms with Gasteiger partial charge < -0.3 is 10.6 Å². The fraction of sp³-hybridized carbons (Fsp3) is 0.933. The van der Waals surface area contributed by atoms with Crippen molar-refractivity contribution < 1.29 is 0 Å². The van der Waals surface area contributed by atoms with Crippen LogP contribution in [-0.4, -0.2) is 60.6 Å². The van der Waals surface area contributed by atoms with E-state index in [9.17, 15) is 0 Å². The highest BCUT2D eigenvalue weighted by molar-refractivity contribution is 14.0. The molecular weight excluding hydrogens is 395 g/mol. The van der Waals surface area contributed by atoms with E-state index in [0.717, 1.165) is 43.4 Å². The molecule has 1 saturated carbocycles. The summed E-state index contributed by atoms with van der Waals surface area (Å²) in [7, 11) is 0. The first-order chi connectivity index (χ1) is 9.83. The third-order valence-electron chi connectivity index (χ3n) is 3.98. The van der Waals surface area contributed by atoms with Crippen LogP contribution in [0.4, 0.5) is 0 Å². The van der Waals surface area contributed by atoms with Crippen molar-refractivity contribution in [3.8, 4) is 0 Å². The largest absolute Gasteiger partial charge is 0.357 e. The fourth-order valence-electron chi connectivity index (χ4n) is 2.68. The van der Waals surface area contributed by atoms with Gasteiger partial charge in [0.05, 0.1) is 6.54 Å². The summed E-state index contributed by atoms with van der Waals surface area (Å²) in [4.78, 5) is 7.31. The average Bonchev–Trinajstić information content (AvgIpc) is 3.16. The zero-order chi connectivity index (χ0) is 14.2. The van der Waals surface area contributed by atoms with Crippen molar-refractivity contribution in [3.63, 3.8) is 0 Å². The van der Waals surface area contributed by atoms with Gasteiger partial charge in [-0.3, -0.25) is 9.89 Å². The third-order valence-corrected chi connectivity index (χ3v) is 5.36. The van der Waals surface area contributed by atoms with Gasteiger partial charge in [0.25, 0.3) is 0 Å². The summed E-state index contributed by atoms with van der Waals surface area (Å²) in [5, 5.41) is 7.57. The second kappa shape index (κ2) is 10.9. The van der Waals surface area contributed by atoms with E-state index >= 15 is 0 Å². The number of thioether (sulfide) groups is 1. The van der Waals surface area contributed by atoms with Gasteiger partial charge in [0.2, 0.25) is 0 Å². The van der Waals surface area contributed by atoms with Gasteiger partial charge in [-0.1, -0.05) is 6.92 Å². The van der Waals surface area contributed by atoms with Gasteiger partial charge in [0.15, 0.2) is 5.96 Å². The lowest BCUT2D eigenvalue weighted by Crippen LogP contribution is -2.42. The number of hydrogen-bond donors (Lipinski definition) is 2. The van der Waals surface area contributed by atoms with Gasteiger partial charge in [0.1, 0.15) is 0 Å². The Labute approximate surface area is 151 Å². The lowest BCUT2D eigenvalue weighted by Gasteiger charge is -2.21. The molecule has 1 unspecified atom stereocenters. The van der Waals surface area contributed by atoms with Gasteiger partial charge in [0, 0.05) is 30.9 Å². The quantitative estimate of drug-likeness (QED) is 0.356. The molecule has 0 radical (unpaired) electrons. The monoisotopic (exact) mass is 426 g/mol. The fourth-order valence-corrected chi connectivity index (χ4v) is 3.86. The molecule has 21 heavy (non-hydrogen) atoms. The van der Waals surface area contributed by atoms with Gasteiger partial charge >= 0.3 is 0 Å². The molecule has 1 saturated heterocycles. The van der Waals surface area contributed by atoms with Gasteiger partial charge in [-0.2, -0.15) is 11.8 Å². The Hall–Kier alpha value is 0.310. The van der Waals surface area contributed by atoms with Gasteiger partial charge in [-0.25, -0.2) is 0 Å². The van der Waals surface area contributed by atoms with Crippen LogP contribution in [0.3, 0.4) is 0 Å². The van der Waals surface area contributed by atoms with Crippen LogP contribution in [0.15, 0.2) is 4.99 Å². The highest BCUT2D eigenvalue weighted by atomic mass is 127. The number of hydrogen-bond acceptors (Lipinski definition) is 3. The average molecular weight is 426 g/mol. The molecule has 0 spiro atoms. The summed E-state index contributed by atoms with van der Waals surface area (Å²) in [5.41, 5.74) is 0. The summed E-state index contributed by atoms with van der Waals surface area (Å²) >= 11 is 2.08. The Balaban J connectivity index is 0.00000220. The zero-order valence-electron chi connectivity index (χ0n) is 13.4. The number of guanidine groups is 1. The van der Waals surface area contributed by atoms with Crippen molar-refractivity contribution >= 4 is 41.7 Å². The molecule has 1 aliphatic carbocycles. The van der Waals surface area contributed by atoms with Crippen LogP contribution in [0.25, 0.3) is 0 Å². The predicted molar refractivity (Wildman–Crippen MR) is 105 cm³/mol. The maximum Gasteiger partial charge on any atom is 0.191 e. The molecule has 0 aromatic carbocycles. The molecule has 2 aliphatic rings. The lowest BCUT2D eigenvalue weighted by atomic mass is 10.2. The SMILES string of the molecule is CCNC(=NCC1CCCS1)NCCN(CC)C1CC1.I. The van der Waals surface area contributed by atoms with Crippen molar-refractivity contribution in [2.24, 2.45) is 4.99 Å². The van der Waals surface area contributed by atoms with Crippen molar-refractivity contribution in [1.82, 2.24) is 15.5 Å². The predicted octanol–water partition coefficient (Wildman–Crippen LogP) is 2.54. The molecule has 0 aromatic heterocycles. The molecule has 1 heterocycles. The smallest absolute Gasteiger partial charge is 0.191 e. The highest BCUT2D eigenvalue weighted by Gasteiger charge is 2.27. The molecule has 2 rings (SSSR count). The normalized spacial score (nSPS) is 22.2. The van der Waals surface area contributed by atoms with E-state index < -0.39 is 0 Å². The van der Waals surface area contributed by atoms with E-state index in [-0.39, 0.29) is 24.0 Å². The van der Waals surface area contributed by atoms with Crippen molar-refractivity contribution in [2.75, 3.05) is 38.5 Å². The third kappa shape index (κ3) is 7.41. The zero-order valence-corrected chi connectivity index (χ0v) is 16.6. The van der Waals surface area contributed by atoms with E-state index in [1.54, 1.807) is 0 Å². The topological polar surface area (TPSA) is 39.7 Å². The Kier molecular flexibility index (Phi) is 10.1. The van der Waals surface area contributed by atoms with Crippen LogP contribution >= 0.6 is 35.7 Å². The minimum Gasteiger partial charge on any atom is -0.357 e. The molecule has 0 bridgehead atoms. The summed E-state index contributed by atoms with van der Waals surface area (Å²) in [6.45, 7) is 9.57. The van der Waals surface area contributed by atoms with E-state index in [1.165, 1.54) is 38.0 Å². The Morgan fingerprint density at radius 1 is 1.24 bits per heavy atom. The van der Waals surface area contributed by atoms with E-state index in [4.69, 9.17) is 4.99 Å². The number of nitrogens with zero attached hydrogens (tertiary/aromatic N) is 2. The number of halogens is 1. The second-order valence-corrected chi connectivity index (χ2v) is 7.05. The number of rotatable bonds is 8. The molecule has 2 fully saturated rings. The van der Waals surface area contributed by atoms with Gasteiger partial charge in [-0.15, -0.1) is 24.0 Å². The Morgan fingerprint density at radius 3 is 2.62 bits per heavy atom. The van der Waals surface area contributed by atoms with Crippen LogP contribution < -0.4 is 10.6 Å². The maximum absolute atomic E-state index is 4.73. The number of nitrogens with one attached hydrogen (secondary N) is 2. The molecule has 1 atom stereocenters. The van der Waals surface area contributed by atoms with Crippen molar-refractivity contribution in [3.05, 3.63) is 0 Å². The molecule has 4 nitrogen and oxygen atoms in total. The highest BCUT2D eigenvalue weighted by Crippen LogP contribution is 2.26. The van der Waals surface area contributed by atoms with Gasteiger partial charge in [-0.05, 0) is 44.9 Å². The standard InChI is InChI=1S/C15H30N4S.HI/c1-3-16-15(18-12-14-6-5-11-20-14)17-9-10-19(4-2)13-7-8-13;/h13-14H,3-12H2,1-2H3,(H2,16,17,18);1H. The number of aliphatic imine (C=N–C) groups is 1. The summed E-state index contributed by atoms with van der Waals surface area (Å²) < 4.78 is 0. The first-order valence-corrected chi connectivity index (χ1v) is 9.26. The Bertz CT molecular complexity index is 304.